The van der Waals surface area contributed by atoms with Gasteiger partial charge in [0.25, 0.3) is 0 Å². The molecular weight excluding hydrogens is 406 g/mol. The third kappa shape index (κ3) is 4.37. The summed E-state index contributed by atoms with van der Waals surface area (Å²) in [5.74, 6) is 1.14. The molecule has 6 nitrogen and oxygen atoms in total. The van der Waals surface area contributed by atoms with Crippen LogP contribution in [0.2, 0.25) is 0 Å². The van der Waals surface area contributed by atoms with Crippen LogP contribution in [0.15, 0.2) is 39.7 Å². The Morgan fingerprint density at radius 1 is 1.20 bits per heavy atom. The van der Waals surface area contributed by atoms with E-state index in [9.17, 15) is 8.42 Å². The minimum absolute atomic E-state index is 0.215. The average molecular weight is 426 g/mol. The predicted molar refractivity (Wildman–Crippen MR) is 98.1 cm³/mol. The van der Waals surface area contributed by atoms with Crippen LogP contribution in [0, 0.1) is 13.8 Å². The Labute approximate surface area is 156 Å². The lowest BCUT2D eigenvalue weighted by Gasteiger charge is -2.31. The Morgan fingerprint density at radius 3 is 2.60 bits per heavy atom. The fourth-order valence-corrected chi connectivity index (χ4v) is 4.66. The first-order valence-electron chi connectivity index (χ1n) is 8.09. The highest BCUT2D eigenvalue weighted by Gasteiger charge is 2.31. The fourth-order valence-electron chi connectivity index (χ4n) is 2.89. The maximum absolute atomic E-state index is 12.8. The van der Waals surface area contributed by atoms with E-state index >= 15 is 0 Å². The van der Waals surface area contributed by atoms with Crippen LogP contribution in [0.1, 0.15) is 24.4 Å². The smallest absolute Gasteiger partial charge is 0.243 e. The van der Waals surface area contributed by atoms with E-state index in [0.29, 0.717) is 29.7 Å². The SMILES string of the molecule is Cc1cc(OC2CCCN(S(=O)(=O)c3ccc(Br)cc3)C2)nc(C)n1. The van der Waals surface area contributed by atoms with Gasteiger partial charge in [-0.1, -0.05) is 15.9 Å². The molecule has 0 bridgehead atoms. The average Bonchev–Trinajstić information content (AvgIpc) is 2.54. The van der Waals surface area contributed by atoms with Crippen molar-refractivity contribution in [2.24, 2.45) is 0 Å². The third-order valence-electron chi connectivity index (χ3n) is 4.02. The van der Waals surface area contributed by atoms with Crippen LogP contribution in [0.4, 0.5) is 0 Å². The predicted octanol–water partition coefficient (Wildman–Crippen LogP) is 3.09. The van der Waals surface area contributed by atoms with Crippen molar-refractivity contribution in [2.45, 2.75) is 37.7 Å². The number of benzene rings is 1. The Kier molecular flexibility index (Phi) is 5.41. The minimum Gasteiger partial charge on any atom is -0.473 e. The summed E-state index contributed by atoms with van der Waals surface area (Å²) in [6.45, 7) is 4.51. The topological polar surface area (TPSA) is 72.4 Å². The summed E-state index contributed by atoms with van der Waals surface area (Å²) >= 11 is 3.33. The van der Waals surface area contributed by atoms with Crippen molar-refractivity contribution < 1.29 is 13.2 Å². The van der Waals surface area contributed by atoms with Gasteiger partial charge in [0.2, 0.25) is 15.9 Å². The highest BCUT2D eigenvalue weighted by Crippen LogP contribution is 2.24. The number of ether oxygens (including phenoxy) is 1. The molecule has 0 saturated carbocycles. The molecule has 25 heavy (non-hydrogen) atoms. The first-order chi connectivity index (χ1) is 11.8. The molecule has 1 aromatic carbocycles. The second-order valence-corrected chi connectivity index (χ2v) is 8.95. The summed E-state index contributed by atoms with van der Waals surface area (Å²) in [5, 5.41) is 0. The molecule has 1 fully saturated rings. The first-order valence-corrected chi connectivity index (χ1v) is 10.3. The lowest BCUT2D eigenvalue weighted by atomic mass is 10.1. The Balaban J connectivity index is 1.75. The van der Waals surface area contributed by atoms with Crippen molar-refractivity contribution in [3.8, 4) is 5.88 Å². The zero-order valence-electron chi connectivity index (χ0n) is 14.1. The van der Waals surface area contributed by atoms with Gasteiger partial charge in [0.05, 0.1) is 11.4 Å². The molecule has 1 atom stereocenters. The number of rotatable bonds is 4. The molecule has 1 aliphatic heterocycles. The number of aromatic nitrogens is 2. The normalized spacial score (nSPS) is 18.9. The van der Waals surface area contributed by atoms with E-state index in [1.54, 1.807) is 30.3 Å². The van der Waals surface area contributed by atoms with Crippen molar-refractivity contribution in [2.75, 3.05) is 13.1 Å². The van der Waals surface area contributed by atoms with E-state index in [0.717, 1.165) is 23.0 Å². The van der Waals surface area contributed by atoms with Crippen LogP contribution in [-0.4, -0.2) is 41.9 Å². The van der Waals surface area contributed by atoms with Gasteiger partial charge < -0.3 is 4.74 Å². The van der Waals surface area contributed by atoms with Crippen molar-refractivity contribution in [1.29, 1.82) is 0 Å². The van der Waals surface area contributed by atoms with Gasteiger partial charge in [-0.25, -0.2) is 13.4 Å². The third-order valence-corrected chi connectivity index (χ3v) is 6.43. The van der Waals surface area contributed by atoms with Gasteiger partial charge in [0.15, 0.2) is 0 Å². The zero-order chi connectivity index (χ0) is 18.0. The van der Waals surface area contributed by atoms with E-state index in [1.807, 2.05) is 13.8 Å². The van der Waals surface area contributed by atoms with Gasteiger partial charge in [-0.05, 0) is 51.0 Å². The number of hydrogen-bond acceptors (Lipinski definition) is 5. The molecule has 0 aliphatic carbocycles. The second kappa shape index (κ2) is 7.39. The van der Waals surface area contributed by atoms with Gasteiger partial charge in [0.1, 0.15) is 11.9 Å². The number of piperidine rings is 1. The van der Waals surface area contributed by atoms with Crippen LogP contribution in [0.5, 0.6) is 5.88 Å². The maximum Gasteiger partial charge on any atom is 0.243 e. The molecule has 134 valence electrons. The lowest BCUT2D eigenvalue weighted by molar-refractivity contribution is 0.124. The van der Waals surface area contributed by atoms with Gasteiger partial charge in [-0.15, -0.1) is 0 Å². The van der Waals surface area contributed by atoms with Gasteiger partial charge >= 0.3 is 0 Å². The summed E-state index contributed by atoms with van der Waals surface area (Å²) in [6.07, 6.45) is 1.34. The summed E-state index contributed by atoms with van der Waals surface area (Å²) < 4.78 is 33.9. The Bertz CT molecular complexity index is 836. The monoisotopic (exact) mass is 425 g/mol. The fraction of sp³-hybridized carbons (Fsp3) is 0.412. The Hall–Kier alpha value is -1.51. The van der Waals surface area contributed by atoms with Crippen molar-refractivity contribution in [3.05, 3.63) is 46.3 Å². The molecular formula is C17H20BrN3O3S. The maximum atomic E-state index is 12.8. The van der Waals surface area contributed by atoms with Crippen molar-refractivity contribution in [3.63, 3.8) is 0 Å². The van der Waals surface area contributed by atoms with Crippen LogP contribution in [0.25, 0.3) is 0 Å². The molecule has 8 heteroatoms. The van der Waals surface area contributed by atoms with E-state index in [-0.39, 0.29) is 6.10 Å². The minimum atomic E-state index is -3.52. The number of halogens is 1. The highest BCUT2D eigenvalue weighted by molar-refractivity contribution is 9.10. The van der Waals surface area contributed by atoms with Crippen LogP contribution < -0.4 is 4.74 Å². The molecule has 1 aromatic heterocycles. The number of aryl methyl sites for hydroxylation is 2. The van der Waals surface area contributed by atoms with Crippen LogP contribution in [-0.2, 0) is 10.0 Å². The molecule has 2 aromatic rings. The molecule has 2 heterocycles. The van der Waals surface area contributed by atoms with Crippen molar-refractivity contribution in [1.82, 2.24) is 14.3 Å². The molecule has 0 radical (unpaired) electrons. The summed E-state index contributed by atoms with van der Waals surface area (Å²) in [4.78, 5) is 8.80. The van der Waals surface area contributed by atoms with E-state index in [2.05, 4.69) is 25.9 Å². The van der Waals surface area contributed by atoms with Crippen molar-refractivity contribution >= 4 is 26.0 Å². The van der Waals surface area contributed by atoms with Crippen LogP contribution in [0.3, 0.4) is 0 Å². The molecule has 0 N–H and O–H groups in total. The standard InChI is InChI=1S/C17H20BrN3O3S/c1-12-10-17(20-13(2)19-12)24-15-4-3-9-21(11-15)25(22,23)16-7-5-14(18)6-8-16/h5-8,10,15H,3-4,9,11H2,1-2H3. The van der Waals surface area contributed by atoms with E-state index in [1.165, 1.54) is 4.31 Å². The van der Waals surface area contributed by atoms with E-state index in [4.69, 9.17) is 4.74 Å². The lowest BCUT2D eigenvalue weighted by Crippen LogP contribution is -2.44. The largest absolute Gasteiger partial charge is 0.473 e. The highest BCUT2D eigenvalue weighted by atomic mass is 79.9. The number of hydrogen-bond donors (Lipinski definition) is 0. The summed E-state index contributed by atoms with van der Waals surface area (Å²) in [5.41, 5.74) is 0.831. The molecule has 0 spiro atoms. The van der Waals surface area contributed by atoms with E-state index < -0.39 is 10.0 Å². The first kappa shape index (κ1) is 18.3. The molecule has 1 unspecified atom stereocenters. The number of sulfonamides is 1. The van der Waals surface area contributed by atoms with Gasteiger partial charge in [-0.2, -0.15) is 9.29 Å². The Morgan fingerprint density at radius 2 is 1.92 bits per heavy atom. The molecule has 1 aliphatic rings. The number of nitrogens with zero attached hydrogens (tertiary/aromatic N) is 3. The summed E-state index contributed by atoms with van der Waals surface area (Å²) in [6, 6.07) is 8.46. The molecule has 1 saturated heterocycles. The second-order valence-electron chi connectivity index (χ2n) is 6.09. The van der Waals surface area contributed by atoms with Crippen LogP contribution >= 0.6 is 15.9 Å². The summed E-state index contributed by atoms with van der Waals surface area (Å²) in [7, 11) is -3.52. The quantitative estimate of drug-likeness (QED) is 0.752. The molecule has 3 rings (SSSR count). The zero-order valence-corrected chi connectivity index (χ0v) is 16.5. The van der Waals surface area contributed by atoms with Gasteiger partial charge in [-0.3, -0.25) is 0 Å². The van der Waals surface area contributed by atoms with Gasteiger partial charge in [0, 0.05) is 22.8 Å². The molecule has 0 amide bonds.